The van der Waals surface area contributed by atoms with Gasteiger partial charge in [-0.1, -0.05) is 13.8 Å². The van der Waals surface area contributed by atoms with Crippen LogP contribution in [0.4, 0.5) is 0 Å². The van der Waals surface area contributed by atoms with Crippen molar-refractivity contribution in [2.75, 3.05) is 33.5 Å². The van der Waals surface area contributed by atoms with Crippen molar-refractivity contribution in [3.05, 3.63) is 0 Å². The van der Waals surface area contributed by atoms with E-state index in [2.05, 4.69) is 19.2 Å². The van der Waals surface area contributed by atoms with Crippen molar-refractivity contribution < 1.29 is 9.47 Å². The first kappa shape index (κ1) is 14.9. The SMILES string of the molecule is COCCOCCCNC1CCC(C)(C)CC1. The van der Waals surface area contributed by atoms with E-state index in [1.807, 2.05) is 0 Å². The van der Waals surface area contributed by atoms with Gasteiger partial charge in [0.1, 0.15) is 0 Å². The number of ether oxygens (including phenoxy) is 2. The first-order valence-electron chi connectivity index (χ1n) is 6.94. The van der Waals surface area contributed by atoms with Crippen LogP contribution in [-0.2, 0) is 9.47 Å². The summed E-state index contributed by atoms with van der Waals surface area (Å²) in [4.78, 5) is 0. The Bertz CT molecular complexity index is 185. The first-order chi connectivity index (χ1) is 8.14. The van der Waals surface area contributed by atoms with Gasteiger partial charge in [0.25, 0.3) is 0 Å². The standard InChI is InChI=1S/C14H29NO2/c1-14(2)7-5-13(6-8-14)15-9-4-10-17-12-11-16-3/h13,15H,4-12H2,1-3H3. The Morgan fingerprint density at radius 2 is 1.82 bits per heavy atom. The zero-order valence-electron chi connectivity index (χ0n) is 11.8. The van der Waals surface area contributed by atoms with Crippen LogP contribution in [0, 0.1) is 5.41 Å². The molecule has 1 aliphatic carbocycles. The molecule has 17 heavy (non-hydrogen) atoms. The second-order valence-corrected chi connectivity index (χ2v) is 5.85. The van der Waals surface area contributed by atoms with E-state index in [0.29, 0.717) is 18.6 Å². The van der Waals surface area contributed by atoms with Crippen LogP contribution >= 0.6 is 0 Å². The lowest BCUT2D eigenvalue weighted by Gasteiger charge is -2.34. The summed E-state index contributed by atoms with van der Waals surface area (Å²) in [7, 11) is 1.70. The zero-order valence-corrected chi connectivity index (χ0v) is 11.8. The molecule has 0 heterocycles. The van der Waals surface area contributed by atoms with Crippen molar-refractivity contribution in [3.8, 4) is 0 Å². The predicted molar refractivity (Wildman–Crippen MR) is 71.4 cm³/mol. The lowest BCUT2D eigenvalue weighted by Crippen LogP contribution is -2.36. The highest BCUT2D eigenvalue weighted by Gasteiger charge is 2.26. The minimum Gasteiger partial charge on any atom is -0.382 e. The van der Waals surface area contributed by atoms with Crippen LogP contribution in [0.15, 0.2) is 0 Å². The Kier molecular flexibility index (Phi) is 7.09. The number of methoxy groups -OCH3 is 1. The Morgan fingerprint density at radius 3 is 2.47 bits per heavy atom. The van der Waals surface area contributed by atoms with Gasteiger partial charge in [0.05, 0.1) is 13.2 Å². The van der Waals surface area contributed by atoms with E-state index >= 15 is 0 Å². The molecule has 1 fully saturated rings. The smallest absolute Gasteiger partial charge is 0.0700 e. The second kappa shape index (κ2) is 8.06. The molecule has 0 radical (unpaired) electrons. The summed E-state index contributed by atoms with van der Waals surface area (Å²) >= 11 is 0. The third-order valence-electron chi connectivity index (χ3n) is 3.67. The Morgan fingerprint density at radius 1 is 1.12 bits per heavy atom. The van der Waals surface area contributed by atoms with Crippen LogP contribution in [0.25, 0.3) is 0 Å². The first-order valence-corrected chi connectivity index (χ1v) is 6.94. The monoisotopic (exact) mass is 243 g/mol. The molecule has 0 amide bonds. The molecule has 1 saturated carbocycles. The molecule has 0 aliphatic heterocycles. The van der Waals surface area contributed by atoms with Crippen molar-refractivity contribution >= 4 is 0 Å². The topological polar surface area (TPSA) is 30.5 Å². The van der Waals surface area contributed by atoms with Gasteiger partial charge in [-0.05, 0) is 44.1 Å². The van der Waals surface area contributed by atoms with E-state index in [1.54, 1.807) is 7.11 Å². The lowest BCUT2D eigenvalue weighted by atomic mass is 9.75. The largest absolute Gasteiger partial charge is 0.382 e. The fourth-order valence-corrected chi connectivity index (χ4v) is 2.33. The zero-order chi connectivity index (χ0) is 12.6. The van der Waals surface area contributed by atoms with Gasteiger partial charge in [0, 0.05) is 19.8 Å². The van der Waals surface area contributed by atoms with Crippen LogP contribution in [0.5, 0.6) is 0 Å². The van der Waals surface area contributed by atoms with Gasteiger partial charge < -0.3 is 14.8 Å². The Labute approximate surface area is 106 Å². The molecular formula is C14H29NO2. The van der Waals surface area contributed by atoms with Crippen molar-refractivity contribution in [2.24, 2.45) is 5.41 Å². The fraction of sp³-hybridized carbons (Fsp3) is 1.00. The maximum atomic E-state index is 5.43. The molecule has 1 rings (SSSR count). The van der Waals surface area contributed by atoms with E-state index in [4.69, 9.17) is 9.47 Å². The highest BCUT2D eigenvalue weighted by molar-refractivity contribution is 4.81. The molecule has 0 aromatic rings. The van der Waals surface area contributed by atoms with E-state index in [9.17, 15) is 0 Å². The minimum atomic E-state index is 0.571. The second-order valence-electron chi connectivity index (χ2n) is 5.85. The molecule has 1 N–H and O–H groups in total. The van der Waals surface area contributed by atoms with Gasteiger partial charge in [-0.25, -0.2) is 0 Å². The number of hydrogen-bond donors (Lipinski definition) is 1. The van der Waals surface area contributed by atoms with Gasteiger partial charge in [-0.2, -0.15) is 0 Å². The Balaban J connectivity index is 1.90. The van der Waals surface area contributed by atoms with Crippen LogP contribution in [-0.4, -0.2) is 39.5 Å². The van der Waals surface area contributed by atoms with Crippen molar-refractivity contribution in [2.45, 2.75) is 52.0 Å². The third kappa shape index (κ3) is 7.02. The quantitative estimate of drug-likeness (QED) is 0.665. The van der Waals surface area contributed by atoms with Crippen LogP contribution < -0.4 is 5.32 Å². The van der Waals surface area contributed by atoms with Gasteiger partial charge in [-0.3, -0.25) is 0 Å². The summed E-state index contributed by atoms with van der Waals surface area (Å²) in [5, 5.41) is 3.64. The maximum absolute atomic E-state index is 5.43. The summed E-state index contributed by atoms with van der Waals surface area (Å²) in [5.74, 6) is 0. The fourth-order valence-electron chi connectivity index (χ4n) is 2.33. The molecule has 0 aromatic carbocycles. The average molecular weight is 243 g/mol. The molecule has 0 unspecified atom stereocenters. The normalized spacial score (nSPS) is 20.6. The van der Waals surface area contributed by atoms with E-state index in [0.717, 1.165) is 25.6 Å². The van der Waals surface area contributed by atoms with Crippen LogP contribution in [0.3, 0.4) is 0 Å². The molecule has 0 spiro atoms. The Hall–Kier alpha value is -0.120. The maximum Gasteiger partial charge on any atom is 0.0700 e. The highest BCUT2D eigenvalue weighted by atomic mass is 16.5. The molecule has 102 valence electrons. The highest BCUT2D eigenvalue weighted by Crippen LogP contribution is 2.34. The van der Waals surface area contributed by atoms with Gasteiger partial charge in [0.15, 0.2) is 0 Å². The predicted octanol–water partition coefficient (Wildman–Crippen LogP) is 2.60. The van der Waals surface area contributed by atoms with Gasteiger partial charge in [0.2, 0.25) is 0 Å². The van der Waals surface area contributed by atoms with Crippen molar-refractivity contribution in [3.63, 3.8) is 0 Å². The number of hydrogen-bond acceptors (Lipinski definition) is 3. The summed E-state index contributed by atoms with van der Waals surface area (Å²) < 4.78 is 10.4. The van der Waals surface area contributed by atoms with Gasteiger partial charge in [-0.15, -0.1) is 0 Å². The van der Waals surface area contributed by atoms with E-state index < -0.39 is 0 Å². The van der Waals surface area contributed by atoms with Crippen LogP contribution in [0.1, 0.15) is 46.0 Å². The summed E-state index contributed by atoms with van der Waals surface area (Å²) in [6, 6.07) is 0.738. The molecule has 0 saturated heterocycles. The van der Waals surface area contributed by atoms with E-state index in [-0.39, 0.29) is 0 Å². The number of nitrogens with one attached hydrogen (secondary N) is 1. The minimum absolute atomic E-state index is 0.571. The van der Waals surface area contributed by atoms with Crippen molar-refractivity contribution in [1.29, 1.82) is 0 Å². The molecule has 0 aromatic heterocycles. The summed E-state index contributed by atoms with van der Waals surface area (Å²) in [6.45, 7) is 8.10. The lowest BCUT2D eigenvalue weighted by molar-refractivity contribution is 0.0688. The summed E-state index contributed by atoms with van der Waals surface area (Å²) in [6.07, 6.45) is 6.47. The van der Waals surface area contributed by atoms with Crippen molar-refractivity contribution in [1.82, 2.24) is 5.32 Å². The molecule has 3 nitrogen and oxygen atoms in total. The molecule has 1 aliphatic rings. The molecule has 0 atom stereocenters. The molecular weight excluding hydrogens is 214 g/mol. The number of rotatable bonds is 8. The summed E-state index contributed by atoms with van der Waals surface area (Å²) in [5.41, 5.74) is 0.571. The van der Waals surface area contributed by atoms with Gasteiger partial charge >= 0.3 is 0 Å². The third-order valence-corrected chi connectivity index (χ3v) is 3.67. The van der Waals surface area contributed by atoms with E-state index in [1.165, 1.54) is 25.7 Å². The molecule has 3 heteroatoms. The molecule has 0 bridgehead atoms. The average Bonchev–Trinajstić information content (AvgIpc) is 2.30. The van der Waals surface area contributed by atoms with Crippen LogP contribution in [0.2, 0.25) is 0 Å².